The van der Waals surface area contributed by atoms with Crippen molar-refractivity contribution in [3.63, 3.8) is 0 Å². The van der Waals surface area contributed by atoms with E-state index in [1.54, 1.807) is 19.9 Å². The fourth-order valence-electron chi connectivity index (χ4n) is 4.33. The molecule has 6 atom stereocenters. The van der Waals surface area contributed by atoms with Gasteiger partial charge in [0.05, 0.1) is 19.0 Å². The summed E-state index contributed by atoms with van der Waals surface area (Å²) in [6, 6.07) is 0.196. The lowest BCUT2D eigenvalue weighted by molar-refractivity contribution is -0.902. The molecule has 6 nitrogen and oxygen atoms in total. The van der Waals surface area contributed by atoms with Gasteiger partial charge in [0, 0.05) is 18.4 Å². The highest BCUT2D eigenvalue weighted by Crippen LogP contribution is 2.30. The molecule has 0 aromatic rings. The van der Waals surface area contributed by atoms with Crippen LogP contribution in [0, 0.1) is 11.8 Å². The van der Waals surface area contributed by atoms with Gasteiger partial charge in [-0.05, 0) is 26.2 Å². The monoisotopic (exact) mass is 338 g/mol. The Morgan fingerprint density at radius 2 is 2.00 bits per heavy atom. The van der Waals surface area contributed by atoms with Gasteiger partial charge in [-0.25, -0.2) is 9.59 Å². The number of esters is 2. The van der Waals surface area contributed by atoms with Crippen LogP contribution in [0.3, 0.4) is 0 Å². The van der Waals surface area contributed by atoms with Gasteiger partial charge in [0.1, 0.15) is 12.6 Å². The quantitative estimate of drug-likeness (QED) is 0.475. The van der Waals surface area contributed by atoms with Crippen molar-refractivity contribution in [1.82, 2.24) is 0 Å². The lowest BCUT2D eigenvalue weighted by Crippen LogP contribution is -3.12. The first-order valence-corrected chi connectivity index (χ1v) is 8.95. The average Bonchev–Trinajstić information content (AvgIpc) is 3.12. The third kappa shape index (κ3) is 2.97. The molecule has 0 bridgehead atoms. The number of hydrogen-bond acceptors (Lipinski definition) is 5. The molecule has 3 fully saturated rings. The molecule has 6 heteroatoms. The van der Waals surface area contributed by atoms with Crippen LogP contribution in [0.5, 0.6) is 0 Å². The lowest BCUT2D eigenvalue weighted by Gasteiger charge is -2.31. The predicted molar refractivity (Wildman–Crippen MR) is 86.2 cm³/mol. The molecule has 1 unspecified atom stereocenters. The minimum absolute atomic E-state index is 0.108. The zero-order valence-corrected chi connectivity index (χ0v) is 14.7. The molecule has 3 heterocycles. The number of quaternary nitrogens is 1. The van der Waals surface area contributed by atoms with Crippen LogP contribution < -0.4 is 4.90 Å². The van der Waals surface area contributed by atoms with Crippen molar-refractivity contribution >= 4 is 11.9 Å². The first kappa shape index (κ1) is 17.4. The van der Waals surface area contributed by atoms with E-state index < -0.39 is 17.5 Å². The second kappa shape index (κ2) is 6.48. The minimum Gasteiger partial charge on any atom is -0.463 e. The van der Waals surface area contributed by atoms with Gasteiger partial charge in [-0.1, -0.05) is 13.0 Å². The summed E-state index contributed by atoms with van der Waals surface area (Å²) in [5.41, 5.74) is -1.10. The number of rotatable bonds is 0. The summed E-state index contributed by atoms with van der Waals surface area (Å²) in [6.45, 7) is 7.31. The topological polar surface area (TPSA) is 77.3 Å². The van der Waals surface area contributed by atoms with E-state index in [-0.39, 0.29) is 30.5 Å². The second-order valence-corrected chi connectivity index (χ2v) is 7.63. The summed E-state index contributed by atoms with van der Waals surface area (Å²) >= 11 is 0. The number of allylic oxidation sites excluding steroid dienone is 1. The first-order chi connectivity index (χ1) is 11.3. The largest absolute Gasteiger partial charge is 0.463 e. The van der Waals surface area contributed by atoms with Gasteiger partial charge in [0.2, 0.25) is 0 Å². The highest BCUT2D eigenvalue weighted by molar-refractivity contribution is 5.89. The normalized spacial score (nSPS) is 45.2. The van der Waals surface area contributed by atoms with Crippen molar-refractivity contribution in [2.75, 3.05) is 19.7 Å². The van der Waals surface area contributed by atoms with Crippen LogP contribution in [0.1, 0.15) is 40.0 Å². The average molecular weight is 338 g/mol. The van der Waals surface area contributed by atoms with E-state index >= 15 is 0 Å². The Labute approximate surface area is 142 Å². The molecule has 3 aliphatic heterocycles. The Kier molecular flexibility index (Phi) is 4.71. The molecule has 0 aromatic carbocycles. The van der Waals surface area contributed by atoms with Gasteiger partial charge in [0.15, 0.2) is 11.7 Å². The maximum Gasteiger partial charge on any atom is 0.338 e. The molecule has 3 aliphatic rings. The number of hydrogen-bond donors (Lipinski definition) is 2. The van der Waals surface area contributed by atoms with E-state index in [2.05, 4.69) is 0 Å². The zero-order valence-electron chi connectivity index (χ0n) is 14.7. The van der Waals surface area contributed by atoms with Crippen molar-refractivity contribution in [1.29, 1.82) is 0 Å². The van der Waals surface area contributed by atoms with Gasteiger partial charge < -0.3 is 19.5 Å². The summed E-state index contributed by atoms with van der Waals surface area (Å²) in [6.07, 6.45) is 3.71. The number of nitrogens with one attached hydrogen (secondary N) is 1. The maximum absolute atomic E-state index is 12.6. The number of aliphatic hydroxyl groups is 1. The second-order valence-electron chi connectivity index (χ2n) is 7.63. The Morgan fingerprint density at radius 1 is 1.29 bits per heavy atom. The van der Waals surface area contributed by atoms with E-state index in [0.717, 1.165) is 25.9 Å². The van der Waals surface area contributed by atoms with Crippen molar-refractivity contribution < 1.29 is 29.1 Å². The Bertz CT molecular complexity index is 556. The van der Waals surface area contributed by atoms with Crippen LogP contribution in [0.15, 0.2) is 11.6 Å². The summed E-state index contributed by atoms with van der Waals surface area (Å²) in [7, 11) is 0. The van der Waals surface area contributed by atoms with Gasteiger partial charge in [-0.2, -0.15) is 0 Å². The fraction of sp³-hybridized carbons (Fsp3) is 0.778. The van der Waals surface area contributed by atoms with Gasteiger partial charge in [0.25, 0.3) is 0 Å². The molecule has 0 saturated carbocycles. The summed E-state index contributed by atoms with van der Waals surface area (Å²) < 4.78 is 11.3. The zero-order chi connectivity index (χ0) is 17.5. The van der Waals surface area contributed by atoms with Gasteiger partial charge in [-0.3, -0.25) is 0 Å². The van der Waals surface area contributed by atoms with Crippen LogP contribution >= 0.6 is 0 Å². The van der Waals surface area contributed by atoms with Crippen LogP contribution in [0.4, 0.5) is 0 Å². The van der Waals surface area contributed by atoms with Crippen LogP contribution in [-0.4, -0.2) is 54.5 Å². The molecule has 3 rings (SSSR count). The predicted octanol–water partition coefficient (Wildman–Crippen LogP) is -0.144. The number of carbonyl (C=O) groups is 2. The Balaban J connectivity index is 1.89. The molecule has 0 aliphatic carbocycles. The number of cyclic esters (lactones) is 1. The molecule has 2 N–H and O–H groups in total. The van der Waals surface area contributed by atoms with Gasteiger partial charge in [-0.15, -0.1) is 0 Å². The summed E-state index contributed by atoms with van der Waals surface area (Å²) in [5.74, 6) is -1.16. The first-order valence-electron chi connectivity index (χ1n) is 8.95. The van der Waals surface area contributed by atoms with Crippen LogP contribution in [-0.2, 0) is 19.1 Å². The molecule has 3 saturated heterocycles. The third-order valence-electron chi connectivity index (χ3n) is 6.16. The van der Waals surface area contributed by atoms with Crippen LogP contribution in [0.25, 0.3) is 0 Å². The Morgan fingerprint density at radius 3 is 2.71 bits per heavy atom. The van der Waals surface area contributed by atoms with Crippen molar-refractivity contribution in [3.8, 4) is 0 Å². The van der Waals surface area contributed by atoms with E-state index in [0.29, 0.717) is 12.2 Å². The van der Waals surface area contributed by atoms with Crippen molar-refractivity contribution in [3.05, 3.63) is 11.6 Å². The van der Waals surface area contributed by atoms with E-state index in [1.807, 2.05) is 0 Å². The highest BCUT2D eigenvalue weighted by Gasteiger charge is 2.51. The SMILES string of the molecule is CC=C1C[C@H](C)[C@](C)(O)C(=O)OC[C@@H]2CC[NH+]3CC[C@@H](OC1=O)[C@H]23. The number of carbonyl (C=O) groups excluding carboxylic acids is 2. The molecule has 0 radical (unpaired) electrons. The van der Waals surface area contributed by atoms with E-state index in [1.165, 1.54) is 11.8 Å². The fourth-order valence-corrected chi connectivity index (χ4v) is 4.33. The number of ether oxygens (including phenoxy) is 2. The third-order valence-corrected chi connectivity index (χ3v) is 6.16. The highest BCUT2D eigenvalue weighted by atomic mass is 16.6. The van der Waals surface area contributed by atoms with E-state index in [4.69, 9.17) is 9.47 Å². The molecule has 134 valence electrons. The van der Waals surface area contributed by atoms with Crippen molar-refractivity contribution in [2.45, 2.75) is 57.8 Å². The molecule has 24 heavy (non-hydrogen) atoms. The van der Waals surface area contributed by atoms with E-state index in [9.17, 15) is 14.7 Å². The lowest BCUT2D eigenvalue weighted by atomic mass is 9.85. The maximum atomic E-state index is 12.6. The van der Waals surface area contributed by atoms with Crippen molar-refractivity contribution in [2.24, 2.45) is 11.8 Å². The molecule has 0 aromatic heterocycles. The van der Waals surface area contributed by atoms with Gasteiger partial charge >= 0.3 is 11.9 Å². The summed E-state index contributed by atoms with van der Waals surface area (Å²) in [5, 5.41) is 10.6. The minimum atomic E-state index is -1.62. The van der Waals surface area contributed by atoms with Crippen LogP contribution in [0.2, 0.25) is 0 Å². The Hall–Kier alpha value is -1.40. The summed E-state index contributed by atoms with van der Waals surface area (Å²) in [4.78, 5) is 26.4. The molecular formula is C18H28NO5+. The standard InChI is InChI=1S/C18H27NO5/c1-4-12-9-11(2)18(3,22)17(21)23-10-13-5-7-19-8-6-14(15(13)19)24-16(12)20/h4,11,13-15,22H,5-10H2,1-3H3/p+1/t11-,13-,14+,15-,18-/m0/s1. The molecule has 0 amide bonds. The molecule has 0 spiro atoms. The smallest absolute Gasteiger partial charge is 0.338 e. The molecular weight excluding hydrogens is 310 g/mol.